The molecule has 1 aromatic heterocycles. The van der Waals surface area contributed by atoms with Crippen LogP contribution in [0, 0.1) is 0 Å². The van der Waals surface area contributed by atoms with Crippen molar-refractivity contribution in [2.75, 3.05) is 31.2 Å². The van der Waals surface area contributed by atoms with E-state index in [-0.39, 0.29) is 17.2 Å². The summed E-state index contributed by atoms with van der Waals surface area (Å²) in [5.74, 6) is 0.540. The number of nitrogens with zero attached hydrogens (tertiary/aromatic N) is 2. The number of morpholine rings is 1. The molecule has 0 aliphatic carbocycles. The van der Waals surface area contributed by atoms with Crippen LogP contribution < -0.4 is 10.2 Å². The van der Waals surface area contributed by atoms with Crippen LogP contribution in [0.5, 0.6) is 5.75 Å². The van der Waals surface area contributed by atoms with Gasteiger partial charge in [-0.15, -0.1) is 0 Å². The van der Waals surface area contributed by atoms with Crippen LogP contribution in [-0.2, 0) is 11.3 Å². The zero-order valence-corrected chi connectivity index (χ0v) is 12.7. The maximum absolute atomic E-state index is 12.2. The summed E-state index contributed by atoms with van der Waals surface area (Å²) in [6, 6.07) is 10.3. The standard InChI is InChI=1S/C17H19N3O3/c21-15-6-2-1-5-14(15)17(22)19-12-13-4-3-7-18-16(13)20-8-10-23-11-9-20/h1-7,21H,8-12H2,(H,19,22). The highest BCUT2D eigenvalue weighted by Crippen LogP contribution is 2.19. The minimum Gasteiger partial charge on any atom is -0.507 e. The van der Waals surface area contributed by atoms with Gasteiger partial charge in [0.25, 0.3) is 5.91 Å². The van der Waals surface area contributed by atoms with Gasteiger partial charge in [0.2, 0.25) is 0 Å². The topological polar surface area (TPSA) is 74.7 Å². The van der Waals surface area contributed by atoms with Gasteiger partial charge >= 0.3 is 0 Å². The Balaban J connectivity index is 1.71. The Hall–Kier alpha value is -2.60. The van der Waals surface area contributed by atoms with Gasteiger partial charge in [0.05, 0.1) is 18.8 Å². The van der Waals surface area contributed by atoms with Crippen LogP contribution >= 0.6 is 0 Å². The number of pyridine rings is 1. The second-order valence-corrected chi connectivity index (χ2v) is 5.29. The van der Waals surface area contributed by atoms with Crippen molar-refractivity contribution < 1.29 is 14.6 Å². The summed E-state index contributed by atoms with van der Waals surface area (Å²) in [6.07, 6.45) is 1.75. The molecule has 1 saturated heterocycles. The van der Waals surface area contributed by atoms with Crippen LogP contribution in [0.3, 0.4) is 0 Å². The van der Waals surface area contributed by atoms with Gasteiger partial charge in [-0.3, -0.25) is 4.79 Å². The molecule has 120 valence electrons. The Kier molecular flexibility index (Phi) is 4.73. The molecule has 0 unspecified atom stereocenters. The van der Waals surface area contributed by atoms with Crippen molar-refractivity contribution in [2.24, 2.45) is 0 Å². The molecule has 2 aromatic rings. The second kappa shape index (κ2) is 7.11. The van der Waals surface area contributed by atoms with E-state index in [0.29, 0.717) is 19.8 Å². The Labute approximate surface area is 134 Å². The van der Waals surface area contributed by atoms with Crippen molar-refractivity contribution in [3.8, 4) is 5.75 Å². The molecule has 0 bridgehead atoms. The Bertz CT molecular complexity index is 684. The van der Waals surface area contributed by atoms with Gasteiger partial charge in [-0.05, 0) is 18.2 Å². The van der Waals surface area contributed by atoms with Crippen molar-refractivity contribution >= 4 is 11.7 Å². The number of phenols is 1. The highest BCUT2D eigenvalue weighted by atomic mass is 16.5. The molecular weight excluding hydrogens is 294 g/mol. The molecule has 2 heterocycles. The van der Waals surface area contributed by atoms with Gasteiger partial charge in [-0.1, -0.05) is 18.2 Å². The van der Waals surface area contributed by atoms with Crippen molar-refractivity contribution in [1.29, 1.82) is 0 Å². The van der Waals surface area contributed by atoms with Gasteiger partial charge in [0, 0.05) is 31.4 Å². The molecule has 1 fully saturated rings. The van der Waals surface area contributed by atoms with E-state index in [9.17, 15) is 9.90 Å². The molecule has 6 heteroatoms. The second-order valence-electron chi connectivity index (χ2n) is 5.29. The van der Waals surface area contributed by atoms with Crippen LogP contribution in [-0.4, -0.2) is 42.3 Å². The number of phenolic OH excluding ortho intramolecular Hbond substituents is 1. The SMILES string of the molecule is O=C(NCc1cccnc1N1CCOCC1)c1ccccc1O. The summed E-state index contributed by atoms with van der Waals surface area (Å²) in [6.45, 7) is 3.29. The molecule has 6 nitrogen and oxygen atoms in total. The average molecular weight is 313 g/mol. The molecule has 3 rings (SSSR count). The van der Waals surface area contributed by atoms with E-state index in [0.717, 1.165) is 24.5 Å². The smallest absolute Gasteiger partial charge is 0.255 e. The van der Waals surface area contributed by atoms with E-state index < -0.39 is 0 Å². The molecule has 1 aliphatic heterocycles. The summed E-state index contributed by atoms with van der Waals surface area (Å²) >= 11 is 0. The first-order valence-corrected chi connectivity index (χ1v) is 7.58. The zero-order chi connectivity index (χ0) is 16.1. The van der Waals surface area contributed by atoms with Gasteiger partial charge in [-0.25, -0.2) is 4.98 Å². The zero-order valence-electron chi connectivity index (χ0n) is 12.7. The lowest BCUT2D eigenvalue weighted by atomic mass is 10.1. The Morgan fingerprint density at radius 1 is 1.22 bits per heavy atom. The minimum atomic E-state index is -0.306. The number of carbonyl (C=O) groups excluding carboxylic acids is 1. The van der Waals surface area contributed by atoms with Crippen molar-refractivity contribution in [2.45, 2.75) is 6.54 Å². The summed E-state index contributed by atoms with van der Waals surface area (Å²) in [5, 5.41) is 12.6. The van der Waals surface area contributed by atoms with Crippen LogP contribution in [0.1, 0.15) is 15.9 Å². The molecule has 1 amide bonds. The van der Waals surface area contributed by atoms with Crippen molar-refractivity contribution in [3.05, 3.63) is 53.7 Å². The van der Waals surface area contributed by atoms with Crippen LogP contribution in [0.4, 0.5) is 5.82 Å². The maximum Gasteiger partial charge on any atom is 0.255 e. The number of anilines is 1. The van der Waals surface area contributed by atoms with E-state index in [1.807, 2.05) is 12.1 Å². The molecule has 23 heavy (non-hydrogen) atoms. The average Bonchev–Trinajstić information content (AvgIpc) is 2.61. The number of aromatic nitrogens is 1. The molecule has 1 aromatic carbocycles. The molecular formula is C17H19N3O3. The molecule has 2 N–H and O–H groups in total. The number of aromatic hydroxyl groups is 1. The summed E-state index contributed by atoms with van der Waals surface area (Å²) in [4.78, 5) is 18.8. The van der Waals surface area contributed by atoms with Crippen LogP contribution in [0.15, 0.2) is 42.6 Å². The van der Waals surface area contributed by atoms with Gasteiger partial charge in [0.1, 0.15) is 11.6 Å². The van der Waals surface area contributed by atoms with Crippen LogP contribution in [0.2, 0.25) is 0 Å². The Morgan fingerprint density at radius 2 is 2.00 bits per heavy atom. The predicted octanol–water partition coefficient (Wildman–Crippen LogP) is 1.55. The van der Waals surface area contributed by atoms with Crippen molar-refractivity contribution in [3.63, 3.8) is 0 Å². The van der Waals surface area contributed by atoms with E-state index >= 15 is 0 Å². The number of benzene rings is 1. The fraction of sp³-hybridized carbons (Fsp3) is 0.294. The van der Waals surface area contributed by atoms with E-state index in [1.165, 1.54) is 6.07 Å². The summed E-state index contributed by atoms with van der Waals surface area (Å²) in [5.41, 5.74) is 1.21. The highest BCUT2D eigenvalue weighted by Gasteiger charge is 2.17. The monoisotopic (exact) mass is 313 g/mol. The normalized spacial score (nSPS) is 14.5. The molecule has 0 spiro atoms. The predicted molar refractivity (Wildman–Crippen MR) is 86.5 cm³/mol. The van der Waals surface area contributed by atoms with Crippen molar-refractivity contribution in [1.82, 2.24) is 10.3 Å². The molecule has 0 atom stereocenters. The first-order chi connectivity index (χ1) is 11.3. The van der Waals surface area contributed by atoms with Crippen LogP contribution in [0.25, 0.3) is 0 Å². The number of carbonyl (C=O) groups is 1. The lowest BCUT2D eigenvalue weighted by Gasteiger charge is -2.29. The number of hydrogen-bond acceptors (Lipinski definition) is 5. The van der Waals surface area contributed by atoms with Gasteiger partial charge in [-0.2, -0.15) is 0 Å². The fourth-order valence-corrected chi connectivity index (χ4v) is 2.56. The quantitative estimate of drug-likeness (QED) is 0.896. The number of ether oxygens (including phenoxy) is 1. The minimum absolute atomic E-state index is 0.0235. The third-order valence-corrected chi connectivity index (χ3v) is 3.77. The highest BCUT2D eigenvalue weighted by molar-refractivity contribution is 5.96. The summed E-state index contributed by atoms with van der Waals surface area (Å²) in [7, 11) is 0. The van der Waals surface area contributed by atoms with E-state index in [2.05, 4.69) is 15.2 Å². The number of hydrogen-bond donors (Lipinski definition) is 2. The number of rotatable bonds is 4. The molecule has 0 radical (unpaired) electrons. The maximum atomic E-state index is 12.2. The third kappa shape index (κ3) is 3.60. The lowest BCUT2D eigenvalue weighted by Crippen LogP contribution is -2.37. The third-order valence-electron chi connectivity index (χ3n) is 3.77. The number of amides is 1. The Morgan fingerprint density at radius 3 is 2.78 bits per heavy atom. The van der Waals surface area contributed by atoms with E-state index in [1.54, 1.807) is 24.4 Å². The fourth-order valence-electron chi connectivity index (χ4n) is 2.56. The molecule has 0 saturated carbocycles. The van der Waals surface area contributed by atoms with Gasteiger partial charge in [0.15, 0.2) is 0 Å². The number of nitrogens with one attached hydrogen (secondary N) is 1. The van der Waals surface area contributed by atoms with Gasteiger partial charge < -0.3 is 20.1 Å². The summed E-state index contributed by atoms with van der Waals surface area (Å²) < 4.78 is 5.36. The molecule has 1 aliphatic rings. The largest absolute Gasteiger partial charge is 0.507 e. The first kappa shape index (κ1) is 15.3. The first-order valence-electron chi connectivity index (χ1n) is 7.58. The lowest BCUT2D eigenvalue weighted by molar-refractivity contribution is 0.0948. The number of para-hydroxylation sites is 1. The van der Waals surface area contributed by atoms with E-state index in [4.69, 9.17) is 4.74 Å².